The molecule has 0 N–H and O–H groups in total. The minimum Gasteiger partial charge on any atom is -0.427 e. The molecule has 0 fully saturated rings. The van der Waals surface area contributed by atoms with Crippen molar-refractivity contribution in [3.8, 4) is 5.75 Å². The lowest BCUT2D eigenvalue weighted by atomic mass is 10.1. The first-order valence-electron chi connectivity index (χ1n) is 8.92. The predicted octanol–water partition coefficient (Wildman–Crippen LogP) is 3.10. The first-order chi connectivity index (χ1) is 14.0. The molecule has 0 spiro atoms. The van der Waals surface area contributed by atoms with E-state index in [0.717, 1.165) is 11.1 Å². The highest BCUT2D eigenvalue weighted by Crippen LogP contribution is 2.13. The number of hydrogen-bond donors (Lipinski definition) is 0. The third kappa shape index (κ3) is 4.30. The molecule has 2 heterocycles. The Morgan fingerprint density at radius 2 is 1.72 bits per heavy atom. The van der Waals surface area contributed by atoms with Crippen LogP contribution in [-0.2, 0) is 4.79 Å². The molecule has 2 aromatic carbocycles. The summed E-state index contributed by atoms with van der Waals surface area (Å²) < 4.78 is 6.86. The van der Waals surface area contributed by atoms with Crippen LogP contribution in [0.5, 0.6) is 5.75 Å². The molecule has 4 rings (SSSR count). The molecule has 0 amide bonds. The number of thiazole rings is 1. The maximum atomic E-state index is 12.6. The normalized spacial score (nSPS) is 12.1. The summed E-state index contributed by atoms with van der Waals surface area (Å²) in [6.07, 6.45) is 5.48. The maximum absolute atomic E-state index is 12.6. The highest BCUT2D eigenvalue weighted by atomic mass is 32.1. The predicted molar refractivity (Wildman–Crippen MR) is 114 cm³/mol. The van der Waals surface area contributed by atoms with E-state index in [0.29, 0.717) is 21.1 Å². The van der Waals surface area contributed by atoms with E-state index in [1.165, 1.54) is 28.3 Å². The van der Waals surface area contributed by atoms with E-state index < -0.39 is 0 Å². The third-order valence-corrected chi connectivity index (χ3v) is 5.10. The molecule has 0 radical (unpaired) electrons. The molecule has 7 heteroatoms. The van der Waals surface area contributed by atoms with E-state index in [9.17, 15) is 9.59 Å². The summed E-state index contributed by atoms with van der Waals surface area (Å²) >= 11 is 1.28. The van der Waals surface area contributed by atoms with Crippen molar-refractivity contribution in [2.24, 2.45) is 0 Å². The monoisotopic (exact) mass is 403 g/mol. The molecular weight excluding hydrogens is 386 g/mol. The second kappa shape index (κ2) is 7.81. The van der Waals surface area contributed by atoms with Crippen LogP contribution in [0, 0.1) is 6.92 Å². The van der Waals surface area contributed by atoms with Crippen molar-refractivity contribution in [1.82, 2.24) is 14.6 Å². The van der Waals surface area contributed by atoms with E-state index in [4.69, 9.17) is 4.74 Å². The summed E-state index contributed by atoms with van der Waals surface area (Å²) in [4.78, 5) is 28.6. The highest BCUT2D eigenvalue weighted by Gasteiger charge is 2.09. The number of esters is 1. The Morgan fingerprint density at radius 1 is 1.03 bits per heavy atom. The highest BCUT2D eigenvalue weighted by molar-refractivity contribution is 7.15. The average molecular weight is 403 g/mol. The third-order valence-electron chi connectivity index (χ3n) is 4.14. The van der Waals surface area contributed by atoms with Crippen LogP contribution in [-0.4, -0.2) is 20.6 Å². The van der Waals surface area contributed by atoms with Gasteiger partial charge < -0.3 is 4.74 Å². The molecule has 0 bridgehead atoms. The molecule has 144 valence electrons. The first-order valence-corrected chi connectivity index (χ1v) is 9.74. The fourth-order valence-electron chi connectivity index (χ4n) is 2.72. The molecule has 0 aliphatic rings. The number of rotatable bonds is 4. The number of aryl methyl sites for hydroxylation is 1. The van der Waals surface area contributed by atoms with Crippen molar-refractivity contribution in [3.63, 3.8) is 0 Å². The van der Waals surface area contributed by atoms with Crippen LogP contribution in [0.3, 0.4) is 0 Å². The van der Waals surface area contributed by atoms with Gasteiger partial charge >= 0.3 is 5.97 Å². The maximum Gasteiger partial charge on any atom is 0.308 e. The Morgan fingerprint density at radius 3 is 2.38 bits per heavy atom. The van der Waals surface area contributed by atoms with Crippen molar-refractivity contribution in [2.75, 3.05) is 0 Å². The number of aromatic nitrogens is 3. The molecule has 6 nitrogen and oxygen atoms in total. The van der Waals surface area contributed by atoms with Crippen molar-refractivity contribution in [1.29, 1.82) is 0 Å². The summed E-state index contributed by atoms with van der Waals surface area (Å²) in [7, 11) is 0. The van der Waals surface area contributed by atoms with E-state index >= 15 is 0 Å². The Bertz CT molecular complexity index is 1320. The molecule has 0 aliphatic carbocycles. The summed E-state index contributed by atoms with van der Waals surface area (Å²) in [6.45, 7) is 3.39. The Kier molecular flexibility index (Phi) is 5.05. The lowest BCUT2D eigenvalue weighted by Gasteiger charge is -2.00. The summed E-state index contributed by atoms with van der Waals surface area (Å²) in [5.74, 6) is 0.581. The quantitative estimate of drug-likeness (QED) is 0.387. The molecule has 0 saturated carbocycles. The van der Waals surface area contributed by atoms with Crippen LogP contribution in [0.4, 0.5) is 0 Å². The zero-order valence-electron chi connectivity index (χ0n) is 15.8. The van der Waals surface area contributed by atoms with Gasteiger partial charge in [0.2, 0.25) is 4.96 Å². The van der Waals surface area contributed by atoms with Gasteiger partial charge in [0.15, 0.2) is 5.82 Å². The van der Waals surface area contributed by atoms with Gasteiger partial charge in [0.25, 0.3) is 5.56 Å². The fourth-order valence-corrected chi connectivity index (χ4v) is 3.63. The molecule has 29 heavy (non-hydrogen) atoms. The number of ether oxygens (including phenoxy) is 1. The number of benzene rings is 2. The van der Waals surface area contributed by atoms with Gasteiger partial charge in [-0.3, -0.25) is 9.59 Å². The van der Waals surface area contributed by atoms with Crippen molar-refractivity contribution >= 4 is 40.5 Å². The first kappa shape index (κ1) is 18.8. The van der Waals surface area contributed by atoms with Gasteiger partial charge in [-0.15, -0.1) is 5.10 Å². The lowest BCUT2D eigenvalue weighted by molar-refractivity contribution is -0.131. The topological polar surface area (TPSA) is 73.6 Å². The smallest absolute Gasteiger partial charge is 0.308 e. The lowest BCUT2D eigenvalue weighted by Crippen LogP contribution is -2.23. The summed E-state index contributed by atoms with van der Waals surface area (Å²) in [6, 6.07) is 15.0. The Hall–Kier alpha value is -3.58. The van der Waals surface area contributed by atoms with Crippen LogP contribution >= 0.6 is 11.3 Å². The molecule has 4 aromatic rings. The van der Waals surface area contributed by atoms with E-state index in [1.54, 1.807) is 36.4 Å². The average Bonchev–Trinajstić information content (AvgIpc) is 3.22. The van der Waals surface area contributed by atoms with Crippen molar-refractivity contribution in [3.05, 3.63) is 85.9 Å². The SMILES string of the molecule is CC(=O)Oc1ccc(/C=c2/sc3nc(/C=C/c4ccc(C)cc4)nn3c2=O)cc1. The minimum atomic E-state index is -0.374. The molecule has 0 unspecified atom stereocenters. The summed E-state index contributed by atoms with van der Waals surface area (Å²) in [5.41, 5.74) is 2.85. The fraction of sp³-hybridized carbons (Fsp3) is 0.0909. The Balaban J connectivity index is 1.59. The van der Waals surface area contributed by atoms with Gasteiger partial charge in [-0.25, -0.2) is 0 Å². The molecule has 0 atom stereocenters. The second-order valence-corrected chi connectivity index (χ2v) is 7.50. The molecular formula is C22H17N3O3S. The molecule has 0 saturated heterocycles. The zero-order chi connectivity index (χ0) is 20.4. The minimum absolute atomic E-state index is 0.212. The van der Waals surface area contributed by atoms with E-state index in [2.05, 4.69) is 10.1 Å². The van der Waals surface area contributed by atoms with Crippen LogP contribution in [0.1, 0.15) is 29.4 Å². The summed E-state index contributed by atoms with van der Waals surface area (Å²) in [5, 5.41) is 4.29. The van der Waals surface area contributed by atoms with Crippen LogP contribution in [0.2, 0.25) is 0 Å². The van der Waals surface area contributed by atoms with Gasteiger partial charge in [-0.2, -0.15) is 9.50 Å². The number of carbonyl (C=O) groups is 1. The van der Waals surface area contributed by atoms with Gasteiger partial charge in [0, 0.05) is 6.92 Å². The van der Waals surface area contributed by atoms with Crippen LogP contribution in [0.15, 0.2) is 53.3 Å². The van der Waals surface area contributed by atoms with Gasteiger partial charge in [-0.1, -0.05) is 59.4 Å². The Labute approximate surface area is 170 Å². The number of nitrogens with zero attached hydrogens (tertiary/aromatic N) is 3. The largest absolute Gasteiger partial charge is 0.427 e. The number of fused-ring (bicyclic) bond motifs is 1. The van der Waals surface area contributed by atoms with Crippen molar-refractivity contribution < 1.29 is 9.53 Å². The zero-order valence-corrected chi connectivity index (χ0v) is 16.6. The number of hydrogen-bond acceptors (Lipinski definition) is 6. The standard InChI is InChI=1S/C22H17N3O3S/c1-14-3-5-16(6-4-14)9-12-20-23-22-25(24-20)21(27)19(29-22)13-17-7-10-18(11-8-17)28-15(2)26/h3-13H,1-2H3/b12-9+,19-13+. The molecule has 2 aromatic heterocycles. The van der Waals surface area contributed by atoms with Gasteiger partial charge in [0.1, 0.15) is 5.75 Å². The van der Waals surface area contributed by atoms with Crippen molar-refractivity contribution in [2.45, 2.75) is 13.8 Å². The second-order valence-electron chi connectivity index (χ2n) is 6.49. The molecule has 0 aliphatic heterocycles. The van der Waals surface area contributed by atoms with Crippen LogP contribution in [0.25, 0.3) is 23.2 Å². The number of carbonyl (C=O) groups excluding carboxylic acids is 1. The van der Waals surface area contributed by atoms with Gasteiger partial charge in [-0.05, 0) is 42.3 Å². The van der Waals surface area contributed by atoms with Crippen LogP contribution < -0.4 is 14.8 Å². The van der Waals surface area contributed by atoms with E-state index in [-0.39, 0.29) is 11.5 Å². The van der Waals surface area contributed by atoms with E-state index in [1.807, 2.05) is 37.3 Å². The van der Waals surface area contributed by atoms with Gasteiger partial charge in [0.05, 0.1) is 4.53 Å².